The number of halogens is 1. The highest BCUT2D eigenvalue weighted by molar-refractivity contribution is 6.15. The van der Waals surface area contributed by atoms with Crippen LogP contribution in [0.5, 0.6) is 0 Å². The van der Waals surface area contributed by atoms with E-state index < -0.39 is 23.5 Å². The molecule has 0 aliphatic carbocycles. The molecule has 2 heterocycles. The van der Waals surface area contributed by atoms with Gasteiger partial charge in [0.05, 0.1) is 17.9 Å². The molecule has 1 amide bonds. The van der Waals surface area contributed by atoms with Crippen LogP contribution in [-0.4, -0.2) is 28.2 Å². The standard InChI is InChI=1S/C23H18FNO4/c24-17-10-8-15(9-11-17)12-13-25-20(16-5-2-1-3-6-16)19(22(27)23(25)28)21(26)18-7-4-14-29-18/h1-11,14,20,27H,12-13H2. The summed E-state index contributed by atoms with van der Waals surface area (Å²) in [5.41, 5.74) is 1.55. The van der Waals surface area contributed by atoms with Crippen molar-refractivity contribution in [2.24, 2.45) is 0 Å². The minimum Gasteiger partial charge on any atom is -0.503 e. The van der Waals surface area contributed by atoms with Gasteiger partial charge in [-0.25, -0.2) is 4.39 Å². The fraction of sp³-hybridized carbons (Fsp3) is 0.130. The van der Waals surface area contributed by atoms with Crippen LogP contribution in [0.3, 0.4) is 0 Å². The zero-order valence-electron chi connectivity index (χ0n) is 15.4. The summed E-state index contributed by atoms with van der Waals surface area (Å²) in [6, 6.07) is 17.4. The van der Waals surface area contributed by atoms with Crippen LogP contribution in [0.25, 0.3) is 0 Å². The molecular formula is C23H18FNO4. The van der Waals surface area contributed by atoms with Crippen molar-refractivity contribution in [3.05, 3.63) is 107 Å². The minimum atomic E-state index is -0.734. The van der Waals surface area contributed by atoms with Gasteiger partial charge in [-0.2, -0.15) is 0 Å². The fourth-order valence-corrected chi connectivity index (χ4v) is 3.54. The number of hydrogen-bond acceptors (Lipinski definition) is 4. The highest BCUT2D eigenvalue weighted by Gasteiger charge is 2.44. The van der Waals surface area contributed by atoms with E-state index in [0.29, 0.717) is 12.0 Å². The maximum Gasteiger partial charge on any atom is 0.290 e. The highest BCUT2D eigenvalue weighted by atomic mass is 19.1. The van der Waals surface area contributed by atoms with E-state index in [1.165, 1.54) is 29.4 Å². The van der Waals surface area contributed by atoms with Crippen molar-refractivity contribution in [2.75, 3.05) is 6.54 Å². The zero-order valence-corrected chi connectivity index (χ0v) is 15.4. The second-order valence-electron chi connectivity index (χ2n) is 6.76. The number of carbonyl (C=O) groups is 2. The first-order valence-electron chi connectivity index (χ1n) is 9.18. The summed E-state index contributed by atoms with van der Waals surface area (Å²) in [6.45, 7) is 0.253. The summed E-state index contributed by atoms with van der Waals surface area (Å²) in [7, 11) is 0. The summed E-state index contributed by atoms with van der Waals surface area (Å²) in [5.74, 6) is -1.99. The predicted molar refractivity (Wildman–Crippen MR) is 104 cm³/mol. The van der Waals surface area contributed by atoms with E-state index >= 15 is 0 Å². The Morgan fingerprint density at radius 2 is 1.76 bits per heavy atom. The molecule has 146 valence electrons. The lowest BCUT2D eigenvalue weighted by Gasteiger charge is -2.26. The van der Waals surface area contributed by atoms with E-state index in [9.17, 15) is 19.1 Å². The average molecular weight is 391 g/mol. The molecule has 5 nitrogen and oxygen atoms in total. The average Bonchev–Trinajstić information content (AvgIpc) is 3.36. The van der Waals surface area contributed by atoms with E-state index in [4.69, 9.17) is 4.42 Å². The largest absolute Gasteiger partial charge is 0.503 e. The number of Topliss-reactive ketones (excluding diaryl/α,β-unsaturated/α-hetero) is 1. The molecule has 29 heavy (non-hydrogen) atoms. The van der Waals surface area contributed by atoms with E-state index in [1.807, 2.05) is 18.2 Å². The number of carbonyl (C=O) groups excluding carboxylic acids is 2. The first kappa shape index (κ1) is 18.7. The Kier molecular flexibility index (Phi) is 4.99. The quantitative estimate of drug-likeness (QED) is 0.638. The van der Waals surface area contributed by atoms with Gasteiger partial charge < -0.3 is 14.4 Å². The molecule has 1 aromatic heterocycles. The molecule has 0 saturated carbocycles. The number of aliphatic hydroxyl groups is 1. The number of hydrogen-bond donors (Lipinski definition) is 1. The van der Waals surface area contributed by atoms with Crippen LogP contribution in [0.4, 0.5) is 4.39 Å². The lowest BCUT2D eigenvalue weighted by molar-refractivity contribution is -0.129. The Bertz CT molecular complexity index is 1060. The van der Waals surface area contributed by atoms with Gasteiger partial charge in [-0.3, -0.25) is 9.59 Å². The highest BCUT2D eigenvalue weighted by Crippen LogP contribution is 2.39. The van der Waals surface area contributed by atoms with Gasteiger partial charge in [0.15, 0.2) is 11.5 Å². The van der Waals surface area contributed by atoms with Crippen LogP contribution in [0.2, 0.25) is 0 Å². The SMILES string of the molecule is O=C(C1=C(O)C(=O)N(CCc2ccc(F)cc2)C1c1ccccc1)c1ccco1. The van der Waals surface area contributed by atoms with Gasteiger partial charge in [0.25, 0.3) is 5.91 Å². The normalized spacial score (nSPS) is 16.5. The summed E-state index contributed by atoms with van der Waals surface area (Å²) >= 11 is 0. The molecule has 1 aliphatic heterocycles. The van der Waals surface area contributed by atoms with Crippen molar-refractivity contribution >= 4 is 11.7 Å². The molecule has 1 atom stereocenters. The molecule has 2 aromatic carbocycles. The van der Waals surface area contributed by atoms with Crippen LogP contribution in [-0.2, 0) is 11.2 Å². The van der Waals surface area contributed by atoms with Gasteiger partial charge in [-0.05, 0) is 41.8 Å². The number of furan rings is 1. The summed E-state index contributed by atoms with van der Waals surface area (Å²) in [4.78, 5) is 27.3. The van der Waals surface area contributed by atoms with Gasteiger partial charge in [-0.1, -0.05) is 42.5 Å². The number of rotatable bonds is 6. The monoisotopic (exact) mass is 391 g/mol. The van der Waals surface area contributed by atoms with Gasteiger partial charge in [0, 0.05) is 6.54 Å². The number of amides is 1. The van der Waals surface area contributed by atoms with E-state index in [1.54, 1.807) is 30.3 Å². The Labute approximate surface area is 166 Å². The molecule has 0 radical (unpaired) electrons. The molecule has 0 saturated heterocycles. The summed E-state index contributed by atoms with van der Waals surface area (Å²) in [5, 5.41) is 10.5. The molecule has 0 bridgehead atoms. The lowest BCUT2D eigenvalue weighted by Crippen LogP contribution is -2.33. The van der Waals surface area contributed by atoms with Crippen LogP contribution >= 0.6 is 0 Å². The minimum absolute atomic E-state index is 0.00439. The third kappa shape index (κ3) is 3.57. The molecular weight excluding hydrogens is 373 g/mol. The van der Waals surface area contributed by atoms with Crippen LogP contribution in [0.1, 0.15) is 27.7 Å². The second kappa shape index (κ2) is 7.75. The molecule has 1 aliphatic rings. The third-order valence-corrected chi connectivity index (χ3v) is 4.96. The van der Waals surface area contributed by atoms with Crippen LogP contribution in [0.15, 0.2) is 88.7 Å². The van der Waals surface area contributed by atoms with E-state index in [0.717, 1.165) is 5.56 Å². The van der Waals surface area contributed by atoms with Gasteiger partial charge >= 0.3 is 0 Å². The van der Waals surface area contributed by atoms with Crippen molar-refractivity contribution in [1.29, 1.82) is 0 Å². The van der Waals surface area contributed by atoms with Crippen molar-refractivity contribution in [3.8, 4) is 0 Å². The van der Waals surface area contributed by atoms with Crippen molar-refractivity contribution in [2.45, 2.75) is 12.5 Å². The Morgan fingerprint density at radius 1 is 1.03 bits per heavy atom. The Morgan fingerprint density at radius 3 is 2.41 bits per heavy atom. The second-order valence-corrected chi connectivity index (χ2v) is 6.76. The summed E-state index contributed by atoms with van der Waals surface area (Å²) < 4.78 is 18.3. The first-order valence-corrected chi connectivity index (χ1v) is 9.18. The molecule has 3 aromatic rings. The van der Waals surface area contributed by atoms with Crippen molar-refractivity contribution in [1.82, 2.24) is 4.90 Å². The predicted octanol–water partition coefficient (Wildman–Crippen LogP) is 4.24. The zero-order chi connectivity index (χ0) is 20.4. The fourth-order valence-electron chi connectivity index (χ4n) is 3.54. The van der Waals surface area contributed by atoms with Crippen LogP contribution in [0, 0.1) is 5.82 Å². The van der Waals surface area contributed by atoms with Crippen molar-refractivity contribution in [3.63, 3.8) is 0 Å². The number of nitrogens with zero attached hydrogens (tertiary/aromatic N) is 1. The Hall–Kier alpha value is -3.67. The number of ketones is 1. The maximum atomic E-state index is 13.1. The smallest absolute Gasteiger partial charge is 0.290 e. The number of aliphatic hydroxyl groups excluding tert-OH is 1. The molecule has 6 heteroatoms. The maximum absolute atomic E-state index is 13.1. The third-order valence-electron chi connectivity index (χ3n) is 4.96. The van der Waals surface area contributed by atoms with E-state index in [2.05, 4.69) is 0 Å². The summed E-state index contributed by atoms with van der Waals surface area (Å²) in [6.07, 6.45) is 1.82. The molecule has 4 rings (SSSR count). The molecule has 1 N–H and O–H groups in total. The van der Waals surface area contributed by atoms with Crippen molar-refractivity contribution < 1.29 is 23.5 Å². The molecule has 1 unspecified atom stereocenters. The molecule has 0 fully saturated rings. The topological polar surface area (TPSA) is 70.8 Å². The van der Waals surface area contributed by atoms with Crippen LogP contribution < -0.4 is 0 Å². The van der Waals surface area contributed by atoms with E-state index in [-0.39, 0.29) is 23.7 Å². The first-order chi connectivity index (χ1) is 14.1. The number of benzene rings is 2. The van der Waals surface area contributed by atoms with Gasteiger partial charge in [0.1, 0.15) is 5.82 Å². The van der Waals surface area contributed by atoms with Gasteiger partial charge in [-0.15, -0.1) is 0 Å². The Balaban J connectivity index is 1.68. The molecule has 0 spiro atoms. The lowest BCUT2D eigenvalue weighted by atomic mass is 9.95. The van der Waals surface area contributed by atoms with Gasteiger partial charge in [0.2, 0.25) is 5.78 Å².